The second-order valence-corrected chi connectivity index (χ2v) is 7.39. The van der Waals surface area contributed by atoms with Crippen LogP contribution in [0.1, 0.15) is 18.9 Å². The molecule has 1 atom stereocenters. The molecule has 0 radical (unpaired) electrons. The minimum Gasteiger partial charge on any atom is -0.312 e. The van der Waals surface area contributed by atoms with Crippen LogP contribution < -0.4 is 4.90 Å². The van der Waals surface area contributed by atoms with Crippen molar-refractivity contribution >= 4 is 56.0 Å². The van der Waals surface area contributed by atoms with Gasteiger partial charge in [-0.25, -0.2) is 0 Å². The van der Waals surface area contributed by atoms with Gasteiger partial charge in [0, 0.05) is 35.8 Å². The van der Waals surface area contributed by atoms with Crippen molar-refractivity contribution in [1.29, 1.82) is 0 Å². The van der Waals surface area contributed by atoms with E-state index in [1.54, 1.807) is 11.8 Å². The molecule has 3 nitrogen and oxygen atoms in total. The van der Waals surface area contributed by atoms with Crippen molar-refractivity contribution < 1.29 is 9.59 Å². The number of halogens is 2. The molecule has 1 saturated heterocycles. The van der Waals surface area contributed by atoms with Gasteiger partial charge in [-0.3, -0.25) is 9.59 Å². The fourth-order valence-electron chi connectivity index (χ4n) is 2.29. The predicted octanol–water partition coefficient (Wildman–Crippen LogP) is 4.04. The van der Waals surface area contributed by atoms with Crippen LogP contribution in [0, 0.1) is 12.8 Å². The molecule has 2 rings (SSSR count). The summed E-state index contributed by atoms with van der Waals surface area (Å²) in [6.45, 7) is 4.16. The summed E-state index contributed by atoms with van der Waals surface area (Å²) < 4.78 is 0.829. The molecule has 1 unspecified atom stereocenters. The number of anilines is 1. The highest BCUT2D eigenvalue weighted by molar-refractivity contribution is 9.10. The highest BCUT2D eigenvalue weighted by Gasteiger charge is 2.31. The maximum absolute atomic E-state index is 12.2. The van der Waals surface area contributed by atoms with Crippen LogP contribution in [0.5, 0.6) is 0 Å². The number of hydrogen-bond acceptors (Lipinski definition) is 3. The first kappa shape index (κ1) is 15.9. The SMILES string of the molecule is CC(=O)SCC1CC(=O)N(c2cc(Cl)c(Br)cc2C)C1. The Morgan fingerprint density at radius 3 is 2.90 bits per heavy atom. The number of thioether (sulfide) groups is 1. The fraction of sp³-hybridized carbons (Fsp3) is 0.429. The maximum Gasteiger partial charge on any atom is 0.227 e. The zero-order valence-electron chi connectivity index (χ0n) is 11.3. The predicted molar refractivity (Wildman–Crippen MR) is 87.5 cm³/mol. The molecule has 0 aliphatic carbocycles. The number of hydrogen-bond donors (Lipinski definition) is 0. The molecule has 1 aliphatic heterocycles. The van der Waals surface area contributed by atoms with E-state index in [9.17, 15) is 9.59 Å². The summed E-state index contributed by atoms with van der Waals surface area (Å²) in [5.41, 5.74) is 1.87. The molecule has 1 aromatic rings. The van der Waals surface area contributed by atoms with E-state index in [1.807, 2.05) is 19.1 Å². The number of amides is 1. The topological polar surface area (TPSA) is 37.4 Å². The van der Waals surface area contributed by atoms with Gasteiger partial charge in [-0.1, -0.05) is 23.4 Å². The van der Waals surface area contributed by atoms with Crippen molar-refractivity contribution in [1.82, 2.24) is 0 Å². The van der Waals surface area contributed by atoms with Gasteiger partial charge in [0.15, 0.2) is 5.12 Å². The minimum absolute atomic E-state index is 0.0961. The normalized spacial score (nSPS) is 18.7. The van der Waals surface area contributed by atoms with Crippen LogP contribution in [0.15, 0.2) is 16.6 Å². The molecule has 0 bridgehead atoms. The first-order valence-corrected chi connectivity index (χ1v) is 8.43. The maximum atomic E-state index is 12.2. The average molecular weight is 377 g/mol. The number of carbonyl (C=O) groups is 2. The van der Waals surface area contributed by atoms with Gasteiger partial charge in [0.05, 0.1) is 5.02 Å². The summed E-state index contributed by atoms with van der Waals surface area (Å²) in [6.07, 6.45) is 0.493. The summed E-state index contributed by atoms with van der Waals surface area (Å²) in [4.78, 5) is 24.9. The molecule has 0 N–H and O–H groups in total. The number of aryl methyl sites for hydroxylation is 1. The van der Waals surface area contributed by atoms with Gasteiger partial charge in [0.1, 0.15) is 0 Å². The van der Waals surface area contributed by atoms with Crippen LogP contribution in [-0.2, 0) is 9.59 Å². The van der Waals surface area contributed by atoms with Crippen molar-refractivity contribution in [3.63, 3.8) is 0 Å². The first-order chi connectivity index (χ1) is 9.38. The lowest BCUT2D eigenvalue weighted by molar-refractivity contribution is -0.117. The standard InChI is InChI=1S/C14H15BrClNO2S/c1-8-3-11(15)12(16)5-13(8)17-6-10(4-14(17)19)7-20-9(2)18/h3,5,10H,4,6-7H2,1-2H3. The molecule has 1 heterocycles. The van der Waals surface area contributed by atoms with E-state index in [-0.39, 0.29) is 16.9 Å². The Kier molecular flexibility index (Phi) is 5.15. The lowest BCUT2D eigenvalue weighted by atomic mass is 10.1. The number of carbonyl (C=O) groups excluding carboxylic acids is 2. The van der Waals surface area contributed by atoms with Crippen molar-refractivity contribution in [3.8, 4) is 0 Å². The van der Waals surface area contributed by atoms with Crippen LogP contribution >= 0.6 is 39.3 Å². The Balaban J connectivity index is 2.16. The van der Waals surface area contributed by atoms with Crippen molar-refractivity contribution in [2.75, 3.05) is 17.2 Å². The second kappa shape index (κ2) is 6.50. The number of rotatable bonds is 3. The number of nitrogens with zero attached hydrogens (tertiary/aromatic N) is 1. The zero-order chi connectivity index (χ0) is 14.9. The minimum atomic E-state index is 0.0961. The highest BCUT2D eigenvalue weighted by Crippen LogP contribution is 2.34. The third kappa shape index (κ3) is 3.57. The summed E-state index contributed by atoms with van der Waals surface area (Å²) >= 11 is 10.8. The van der Waals surface area contributed by atoms with Crippen molar-refractivity contribution in [3.05, 3.63) is 27.2 Å². The average Bonchev–Trinajstić information content (AvgIpc) is 2.72. The molecule has 0 aromatic heterocycles. The van der Waals surface area contributed by atoms with Crippen molar-refractivity contribution in [2.24, 2.45) is 5.92 Å². The monoisotopic (exact) mass is 375 g/mol. The van der Waals surface area contributed by atoms with E-state index >= 15 is 0 Å². The largest absolute Gasteiger partial charge is 0.312 e. The van der Waals surface area contributed by atoms with Gasteiger partial charge in [-0.2, -0.15) is 0 Å². The molecular weight excluding hydrogens is 362 g/mol. The van der Waals surface area contributed by atoms with Gasteiger partial charge in [0.25, 0.3) is 0 Å². The Labute approximate surface area is 136 Å². The molecule has 0 spiro atoms. The van der Waals surface area contributed by atoms with Gasteiger partial charge >= 0.3 is 0 Å². The van der Waals surface area contributed by atoms with E-state index in [0.717, 1.165) is 15.7 Å². The van der Waals surface area contributed by atoms with Crippen LogP contribution in [0.25, 0.3) is 0 Å². The van der Waals surface area contributed by atoms with E-state index in [0.29, 0.717) is 23.7 Å². The highest BCUT2D eigenvalue weighted by atomic mass is 79.9. The van der Waals surface area contributed by atoms with Gasteiger partial charge in [0.2, 0.25) is 5.91 Å². The van der Waals surface area contributed by atoms with Crippen LogP contribution in [0.2, 0.25) is 5.02 Å². The van der Waals surface area contributed by atoms with E-state index in [1.165, 1.54) is 11.8 Å². The smallest absolute Gasteiger partial charge is 0.227 e. The fourth-order valence-corrected chi connectivity index (χ4v) is 3.60. The van der Waals surface area contributed by atoms with Crippen molar-refractivity contribution in [2.45, 2.75) is 20.3 Å². The third-order valence-corrected chi connectivity index (χ3v) is 5.50. The van der Waals surface area contributed by atoms with Gasteiger partial charge in [-0.05, 0) is 46.5 Å². The van der Waals surface area contributed by atoms with E-state index in [4.69, 9.17) is 11.6 Å². The summed E-state index contributed by atoms with van der Waals surface area (Å²) in [7, 11) is 0. The Bertz CT molecular complexity index is 564. The Morgan fingerprint density at radius 1 is 1.55 bits per heavy atom. The molecule has 6 heteroatoms. The molecule has 108 valence electrons. The van der Waals surface area contributed by atoms with E-state index in [2.05, 4.69) is 15.9 Å². The molecule has 1 amide bonds. The zero-order valence-corrected chi connectivity index (χ0v) is 14.4. The van der Waals surface area contributed by atoms with Crippen LogP contribution in [0.4, 0.5) is 5.69 Å². The summed E-state index contributed by atoms with van der Waals surface area (Å²) in [6, 6.07) is 3.74. The lowest BCUT2D eigenvalue weighted by Crippen LogP contribution is -2.25. The molecule has 1 fully saturated rings. The Hall–Kier alpha value is -0.520. The van der Waals surface area contributed by atoms with Gasteiger partial charge < -0.3 is 4.90 Å². The molecule has 1 aliphatic rings. The quantitative estimate of drug-likeness (QED) is 0.799. The Morgan fingerprint density at radius 2 is 2.25 bits per heavy atom. The van der Waals surface area contributed by atoms with Crippen LogP contribution in [0.3, 0.4) is 0 Å². The van der Waals surface area contributed by atoms with Crippen LogP contribution in [-0.4, -0.2) is 23.3 Å². The third-order valence-electron chi connectivity index (χ3n) is 3.26. The van der Waals surface area contributed by atoms with E-state index < -0.39 is 0 Å². The first-order valence-electron chi connectivity index (χ1n) is 6.28. The number of benzene rings is 1. The molecular formula is C14H15BrClNO2S. The molecule has 0 saturated carbocycles. The van der Waals surface area contributed by atoms with Gasteiger partial charge in [-0.15, -0.1) is 0 Å². The molecule has 1 aromatic carbocycles. The summed E-state index contributed by atoms with van der Waals surface area (Å²) in [5.74, 6) is 1.01. The second-order valence-electron chi connectivity index (χ2n) is 4.93. The lowest BCUT2D eigenvalue weighted by Gasteiger charge is -2.20. The summed E-state index contributed by atoms with van der Waals surface area (Å²) in [5, 5.41) is 0.693. The molecule has 20 heavy (non-hydrogen) atoms.